The van der Waals surface area contributed by atoms with Gasteiger partial charge >= 0.3 is 12.0 Å². The third kappa shape index (κ3) is 3.83. The first-order valence-corrected chi connectivity index (χ1v) is 6.80. The van der Waals surface area contributed by atoms with Crippen LogP contribution in [0, 0.1) is 11.8 Å². The summed E-state index contributed by atoms with van der Waals surface area (Å²) in [6.07, 6.45) is 0.763. The summed E-state index contributed by atoms with van der Waals surface area (Å²) in [5.41, 5.74) is 0. The minimum atomic E-state index is -0.889. The summed E-state index contributed by atoms with van der Waals surface area (Å²) in [6.45, 7) is 4.31. The van der Waals surface area contributed by atoms with Crippen LogP contribution in [-0.2, 0) is 9.53 Å². The number of rotatable bonds is 4. The smallest absolute Gasteiger partial charge is 0.319 e. The minimum Gasteiger partial charge on any atom is -0.481 e. The number of urea groups is 1. The van der Waals surface area contributed by atoms with Gasteiger partial charge in [-0.25, -0.2) is 4.79 Å². The molecule has 2 amide bonds. The summed E-state index contributed by atoms with van der Waals surface area (Å²) in [7, 11) is 1.81. The summed E-state index contributed by atoms with van der Waals surface area (Å²) in [5, 5.41) is 8.76. The van der Waals surface area contributed by atoms with E-state index in [-0.39, 0.29) is 18.6 Å². The molecule has 1 saturated heterocycles. The average molecular weight is 270 g/mol. The monoisotopic (exact) mass is 270 g/mol. The molecule has 1 aliphatic heterocycles. The van der Waals surface area contributed by atoms with Gasteiger partial charge in [0.1, 0.15) is 0 Å². The van der Waals surface area contributed by atoms with E-state index in [9.17, 15) is 9.59 Å². The summed E-state index contributed by atoms with van der Waals surface area (Å²) in [4.78, 5) is 26.4. The van der Waals surface area contributed by atoms with Crippen molar-refractivity contribution in [1.29, 1.82) is 0 Å². The molecule has 108 valence electrons. The lowest BCUT2D eigenvalue weighted by molar-refractivity contribution is -0.141. The highest BCUT2D eigenvalue weighted by molar-refractivity contribution is 5.74. The van der Waals surface area contributed by atoms with Crippen LogP contribution in [-0.4, -0.2) is 66.3 Å². The SMILES string of the molecule is CC1CC1CN(C)C(=O)N1CCOC(CC(=O)O)C1. The van der Waals surface area contributed by atoms with Crippen LogP contribution in [0.3, 0.4) is 0 Å². The molecule has 1 aliphatic carbocycles. The molecule has 1 heterocycles. The van der Waals surface area contributed by atoms with Crippen LogP contribution in [0.1, 0.15) is 19.8 Å². The molecule has 2 rings (SSSR count). The molecule has 0 bridgehead atoms. The molecule has 3 atom stereocenters. The first-order valence-electron chi connectivity index (χ1n) is 6.80. The van der Waals surface area contributed by atoms with Crippen LogP contribution in [0.5, 0.6) is 0 Å². The van der Waals surface area contributed by atoms with Gasteiger partial charge in [-0.15, -0.1) is 0 Å². The van der Waals surface area contributed by atoms with Gasteiger partial charge in [0.05, 0.1) is 19.1 Å². The van der Waals surface area contributed by atoms with E-state index < -0.39 is 5.97 Å². The zero-order chi connectivity index (χ0) is 14.0. The number of hydrogen-bond acceptors (Lipinski definition) is 3. The van der Waals surface area contributed by atoms with E-state index >= 15 is 0 Å². The standard InChI is InChI=1S/C13H22N2O4/c1-9-5-10(9)7-14(2)13(18)15-3-4-19-11(8-15)6-12(16)17/h9-11H,3-8H2,1-2H3,(H,16,17). The van der Waals surface area contributed by atoms with Crippen LogP contribution >= 0.6 is 0 Å². The number of morpholine rings is 1. The Balaban J connectivity index is 1.82. The number of carboxylic acids is 1. The number of carboxylic acid groups (broad SMARTS) is 1. The Labute approximate surface area is 113 Å². The molecule has 0 radical (unpaired) electrons. The van der Waals surface area contributed by atoms with Gasteiger partial charge in [-0.3, -0.25) is 4.79 Å². The predicted octanol–water partition coefficient (Wildman–Crippen LogP) is 0.870. The van der Waals surface area contributed by atoms with Gasteiger partial charge in [0, 0.05) is 26.7 Å². The topological polar surface area (TPSA) is 70.1 Å². The van der Waals surface area contributed by atoms with Crippen LogP contribution < -0.4 is 0 Å². The molecule has 6 nitrogen and oxygen atoms in total. The normalized spacial score (nSPS) is 30.0. The summed E-state index contributed by atoms with van der Waals surface area (Å²) in [6, 6.07) is -0.0159. The number of carbonyl (C=O) groups is 2. The Morgan fingerprint density at radius 3 is 2.74 bits per heavy atom. The summed E-state index contributed by atoms with van der Waals surface area (Å²) >= 11 is 0. The molecule has 0 spiro atoms. The van der Waals surface area contributed by atoms with Crippen molar-refractivity contribution in [1.82, 2.24) is 9.80 Å². The van der Waals surface area contributed by atoms with E-state index in [1.807, 2.05) is 7.05 Å². The van der Waals surface area contributed by atoms with E-state index in [0.29, 0.717) is 25.6 Å². The number of aliphatic carboxylic acids is 1. The zero-order valence-corrected chi connectivity index (χ0v) is 11.5. The maximum Gasteiger partial charge on any atom is 0.319 e. The van der Waals surface area contributed by atoms with E-state index in [0.717, 1.165) is 12.5 Å². The van der Waals surface area contributed by atoms with Crippen molar-refractivity contribution in [3.8, 4) is 0 Å². The van der Waals surface area contributed by atoms with E-state index in [2.05, 4.69) is 6.92 Å². The highest BCUT2D eigenvalue weighted by atomic mass is 16.5. The molecule has 6 heteroatoms. The number of amides is 2. The fourth-order valence-electron chi connectivity index (χ4n) is 2.54. The predicted molar refractivity (Wildman–Crippen MR) is 68.9 cm³/mol. The lowest BCUT2D eigenvalue weighted by Gasteiger charge is -2.35. The largest absolute Gasteiger partial charge is 0.481 e. The first-order chi connectivity index (χ1) is 8.97. The van der Waals surface area contributed by atoms with E-state index in [1.165, 1.54) is 6.42 Å². The molecule has 0 aromatic carbocycles. The van der Waals surface area contributed by atoms with Crippen LogP contribution in [0.15, 0.2) is 0 Å². The van der Waals surface area contributed by atoms with Crippen LogP contribution in [0.25, 0.3) is 0 Å². The summed E-state index contributed by atoms with van der Waals surface area (Å²) < 4.78 is 5.37. The average Bonchev–Trinajstić information content (AvgIpc) is 3.03. The molecule has 19 heavy (non-hydrogen) atoms. The van der Waals surface area contributed by atoms with Crippen LogP contribution in [0.4, 0.5) is 4.79 Å². The second-order valence-corrected chi connectivity index (χ2v) is 5.67. The Hall–Kier alpha value is -1.30. The van der Waals surface area contributed by atoms with Gasteiger partial charge in [0.25, 0.3) is 0 Å². The third-order valence-electron chi connectivity index (χ3n) is 3.92. The van der Waals surface area contributed by atoms with Crippen molar-refractivity contribution in [3.05, 3.63) is 0 Å². The molecule has 2 aliphatic rings. The molecule has 1 N–H and O–H groups in total. The summed E-state index contributed by atoms with van der Waals surface area (Å²) in [5.74, 6) is 0.462. The molecule has 2 fully saturated rings. The van der Waals surface area contributed by atoms with Gasteiger partial charge in [0.2, 0.25) is 0 Å². The van der Waals surface area contributed by atoms with E-state index in [1.54, 1.807) is 9.80 Å². The first kappa shape index (κ1) is 14.1. The Kier molecular flexibility index (Phi) is 4.29. The van der Waals surface area contributed by atoms with Gasteiger partial charge in [0.15, 0.2) is 0 Å². The molecule has 0 aromatic heterocycles. The van der Waals surface area contributed by atoms with E-state index in [4.69, 9.17) is 9.84 Å². The third-order valence-corrected chi connectivity index (χ3v) is 3.92. The molecular formula is C13H22N2O4. The minimum absolute atomic E-state index is 0.0159. The molecule has 3 unspecified atom stereocenters. The van der Waals surface area contributed by atoms with Crippen molar-refractivity contribution in [2.45, 2.75) is 25.9 Å². The zero-order valence-electron chi connectivity index (χ0n) is 11.5. The molecule has 1 saturated carbocycles. The second kappa shape index (κ2) is 5.77. The lowest BCUT2D eigenvalue weighted by atomic mass is 10.2. The fourth-order valence-corrected chi connectivity index (χ4v) is 2.54. The number of ether oxygens (including phenoxy) is 1. The lowest BCUT2D eigenvalue weighted by Crippen LogP contribution is -2.50. The Bertz CT molecular complexity index is 361. The fraction of sp³-hybridized carbons (Fsp3) is 0.846. The van der Waals surface area contributed by atoms with Crippen molar-refractivity contribution < 1.29 is 19.4 Å². The van der Waals surface area contributed by atoms with Crippen molar-refractivity contribution >= 4 is 12.0 Å². The maximum absolute atomic E-state index is 12.2. The quantitative estimate of drug-likeness (QED) is 0.823. The van der Waals surface area contributed by atoms with Crippen molar-refractivity contribution in [2.24, 2.45) is 11.8 Å². The van der Waals surface area contributed by atoms with Crippen LogP contribution in [0.2, 0.25) is 0 Å². The number of nitrogens with zero attached hydrogens (tertiary/aromatic N) is 2. The van der Waals surface area contributed by atoms with Gasteiger partial charge < -0.3 is 19.6 Å². The maximum atomic E-state index is 12.2. The Morgan fingerprint density at radius 1 is 1.47 bits per heavy atom. The van der Waals surface area contributed by atoms with Gasteiger partial charge in [-0.1, -0.05) is 6.92 Å². The molecule has 0 aromatic rings. The second-order valence-electron chi connectivity index (χ2n) is 5.67. The highest BCUT2D eigenvalue weighted by Crippen LogP contribution is 2.38. The molecular weight excluding hydrogens is 248 g/mol. The highest BCUT2D eigenvalue weighted by Gasteiger charge is 2.35. The Morgan fingerprint density at radius 2 is 2.16 bits per heavy atom. The van der Waals surface area contributed by atoms with Gasteiger partial charge in [-0.2, -0.15) is 0 Å². The van der Waals surface area contributed by atoms with Crippen molar-refractivity contribution in [2.75, 3.05) is 33.3 Å². The van der Waals surface area contributed by atoms with Crippen molar-refractivity contribution in [3.63, 3.8) is 0 Å². The van der Waals surface area contributed by atoms with Gasteiger partial charge in [-0.05, 0) is 18.3 Å². The number of carbonyl (C=O) groups excluding carboxylic acids is 1. The number of hydrogen-bond donors (Lipinski definition) is 1.